The van der Waals surface area contributed by atoms with Crippen molar-refractivity contribution >= 4 is 40.5 Å². The van der Waals surface area contributed by atoms with E-state index in [0.29, 0.717) is 17.2 Å². The summed E-state index contributed by atoms with van der Waals surface area (Å²) >= 11 is 0. The van der Waals surface area contributed by atoms with Gasteiger partial charge >= 0.3 is 5.97 Å². The van der Waals surface area contributed by atoms with Crippen molar-refractivity contribution in [1.29, 1.82) is 0 Å². The summed E-state index contributed by atoms with van der Waals surface area (Å²) < 4.78 is 4.87. The van der Waals surface area contributed by atoms with Gasteiger partial charge in [0.2, 0.25) is 0 Å². The van der Waals surface area contributed by atoms with Gasteiger partial charge in [0.05, 0.1) is 18.9 Å². The van der Waals surface area contributed by atoms with E-state index in [2.05, 4.69) is 53.5 Å². The van der Waals surface area contributed by atoms with Gasteiger partial charge in [-0.3, -0.25) is 4.79 Å². The molecule has 230 valence electrons. The molecule has 4 aliphatic rings. The van der Waals surface area contributed by atoms with Crippen LogP contribution in [0.2, 0.25) is 0 Å². The number of aryl methyl sites for hydroxylation is 1. The SMILES string of the molecule is CC1C=C2C(=O)C3CCN(c4ccccc4)C3=NC2=C[CH-]1.COC(=O)c1cc(C)[c-]cc1N=C1CCCN1c1ccccc1.[Y].[Y]. The molecule has 2 fully saturated rings. The minimum Gasteiger partial charge on any atom is -0.467 e. The van der Waals surface area contributed by atoms with E-state index in [4.69, 9.17) is 14.7 Å². The topological polar surface area (TPSA) is 74.6 Å². The monoisotopic (exact) mass is 762 g/mol. The number of allylic oxidation sites excluding steroid dienone is 3. The van der Waals surface area contributed by atoms with E-state index >= 15 is 0 Å². The number of anilines is 2. The van der Waals surface area contributed by atoms with Gasteiger partial charge in [0.1, 0.15) is 5.84 Å². The average molecular weight is 763 g/mol. The molecule has 7 nitrogen and oxygen atoms in total. The number of benzene rings is 3. The number of fused-ring (bicyclic) bond motifs is 2. The van der Waals surface area contributed by atoms with Crippen molar-refractivity contribution in [2.24, 2.45) is 21.8 Å². The molecule has 2 saturated heterocycles. The summed E-state index contributed by atoms with van der Waals surface area (Å²) in [4.78, 5) is 38.6. The Kier molecular flexibility index (Phi) is 12.9. The van der Waals surface area contributed by atoms with Crippen molar-refractivity contribution in [1.82, 2.24) is 0 Å². The van der Waals surface area contributed by atoms with Crippen molar-refractivity contribution < 1.29 is 79.7 Å². The number of nitrogens with zero attached hydrogens (tertiary/aromatic N) is 4. The second-order valence-corrected chi connectivity index (χ2v) is 11.4. The molecule has 3 aliphatic heterocycles. The number of amidine groups is 2. The van der Waals surface area contributed by atoms with Crippen molar-refractivity contribution in [2.75, 3.05) is 30.0 Å². The Balaban J connectivity index is 0.000000201. The zero-order valence-electron chi connectivity index (χ0n) is 26.5. The number of Topliss-reactive ketones (excluding diaryl/α,β-unsaturated/α-hetero) is 1. The first-order valence-electron chi connectivity index (χ1n) is 15.2. The number of hydrogen-bond acceptors (Lipinski definition) is 6. The van der Waals surface area contributed by atoms with E-state index in [-0.39, 0.29) is 83.1 Å². The molecule has 0 bridgehead atoms. The number of hydrogen-bond donors (Lipinski definition) is 0. The van der Waals surface area contributed by atoms with Crippen LogP contribution < -0.4 is 9.80 Å². The molecule has 3 heterocycles. The summed E-state index contributed by atoms with van der Waals surface area (Å²) in [6.07, 6.45) is 8.93. The molecule has 3 aromatic carbocycles. The maximum absolute atomic E-state index is 12.7. The van der Waals surface area contributed by atoms with E-state index in [1.54, 1.807) is 12.1 Å². The number of para-hydroxylation sites is 2. The third-order valence-corrected chi connectivity index (χ3v) is 8.27. The van der Waals surface area contributed by atoms with Crippen LogP contribution in [0, 0.1) is 31.2 Å². The third kappa shape index (κ3) is 7.87. The van der Waals surface area contributed by atoms with Crippen LogP contribution >= 0.6 is 0 Å². The zero-order valence-corrected chi connectivity index (χ0v) is 32.2. The number of aliphatic imine (C=N–C) groups is 2. The maximum Gasteiger partial charge on any atom is 0.315 e. The number of ketones is 1. The van der Waals surface area contributed by atoms with E-state index in [9.17, 15) is 9.59 Å². The molecule has 0 amide bonds. The summed E-state index contributed by atoms with van der Waals surface area (Å²) in [5, 5.41) is 0. The first kappa shape index (κ1) is 36.1. The maximum atomic E-state index is 12.7. The molecular formula is C37H36N4O3Y2-2. The number of methoxy groups -OCH3 is 1. The molecule has 2 radical (unpaired) electrons. The molecular weight excluding hydrogens is 726 g/mol. The molecule has 9 heteroatoms. The number of ether oxygens (including phenoxy) is 1. The van der Waals surface area contributed by atoms with Gasteiger partial charge in [-0.25, -0.2) is 17.3 Å². The van der Waals surface area contributed by atoms with E-state index in [0.717, 1.165) is 72.2 Å². The molecule has 0 saturated carbocycles. The molecule has 3 aromatic rings. The van der Waals surface area contributed by atoms with Crippen molar-refractivity contribution in [3.05, 3.63) is 120 Å². The molecule has 0 N–H and O–H groups in total. The molecule has 46 heavy (non-hydrogen) atoms. The van der Waals surface area contributed by atoms with Crippen LogP contribution in [-0.4, -0.2) is 43.6 Å². The summed E-state index contributed by atoms with van der Waals surface area (Å²) in [5.41, 5.74) is 5.87. The Labute approximate surface area is 322 Å². The fourth-order valence-electron chi connectivity index (χ4n) is 6.06. The number of carbonyl (C=O) groups excluding carboxylic acids is 2. The molecule has 0 spiro atoms. The van der Waals surface area contributed by atoms with Gasteiger partial charge in [0.25, 0.3) is 0 Å². The number of esters is 1. The second kappa shape index (κ2) is 16.4. The predicted octanol–water partition coefficient (Wildman–Crippen LogP) is 7.07. The van der Waals surface area contributed by atoms with Gasteiger partial charge in [0, 0.05) is 96.3 Å². The Morgan fingerprint density at radius 2 is 1.70 bits per heavy atom. The van der Waals surface area contributed by atoms with Gasteiger partial charge in [-0.05, 0) is 53.9 Å². The van der Waals surface area contributed by atoms with Gasteiger partial charge in [-0.1, -0.05) is 67.9 Å². The van der Waals surface area contributed by atoms with Gasteiger partial charge in [-0.15, -0.1) is 0 Å². The van der Waals surface area contributed by atoms with E-state index in [1.807, 2.05) is 55.5 Å². The summed E-state index contributed by atoms with van der Waals surface area (Å²) in [5.74, 6) is 2.00. The molecule has 0 aromatic heterocycles. The van der Waals surface area contributed by atoms with Gasteiger partial charge < -0.3 is 24.5 Å². The molecule has 2 atom stereocenters. The Hall–Kier alpha value is -2.70. The smallest absolute Gasteiger partial charge is 0.315 e. The summed E-state index contributed by atoms with van der Waals surface area (Å²) in [6, 6.07) is 27.0. The van der Waals surface area contributed by atoms with Crippen LogP contribution in [-0.2, 0) is 74.9 Å². The van der Waals surface area contributed by atoms with Crippen LogP contribution in [0.3, 0.4) is 0 Å². The zero-order chi connectivity index (χ0) is 30.6. The fourth-order valence-corrected chi connectivity index (χ4v) is 6.06. The van der Waals surface area contributed by atoms with E-state index in [1.165, 1.54) is 7.11 Å². The van der Waals surface area contributed by atoms with Crippen molar-refractivity contribution in [2.45, 2.75) is 33.1 Å². The summed E-state index contributed by atoms with van der Waals surface area (Å²) in [6.45, 7) is 5.79. The third-order valence-electron chi connectivity index (χ3n) is 8.27. The number of rotatable bonds is 4. The van der Waals surface area contributed by atoms with Gasteiger partial charge in [0.15, 0.2) is 5.78 Å². The van der Waals surface area contributed by atoms with E-state index < -0.39 is 0 Å². The first-order valence-corrected chi connectivity index (χ1v) is 15.2. The minimum atomic E-state index is -0.370. The van der Waals surface area contributed by atoms with Crippen LogP contribution in [0.25, 0.3) is 0 Å². The van der Waals surface area contributed by atoms with Crippen molar-refractivity contribution in [3.8, 4) is 0 Å². The molecule has 7 rings (SSSR count). The Morgan fingerprint density at radius 3 is 2.37 bits per heavy atom. The van der Waals surface area contributed by atoms with Gasteiger partial charge in [-0.2, -0.15) is 23.8 Å². The first-order chi connectivity index (χ1) is 21.4. The predicted molar refractivity (Wildman–Crippen MR) is 175 cm³/mol. The summed E-state index contributed by atoms with van der Waals surface area (Å²) in [7, 11) is 1.39. The average Bonchev–Trinajstić information content (AvgIpc) is 3.70. The quantitative estimate of drug-likeness (QED) is 0.210. The van der Waals surface area contributed by atoms with Crippen LogP contribution in [0.15, 0.2) is 106 Å². The molecule has 1 aliphatic carbocycles. The molecule has 2 unspecified atom stereocenters. The van der Waals surface area contributed by atoms with Crippen LogP contribution in [0.4, 0.5) is 17.1 Å². The normalized spacial score (nSPS) is 20.4. The fraction of sp³-hybridized carbons (Fsp3) is 0.270. The largest absolute Gasteiger partial charge is 0.467 e. The Bertz CT molecular complexity index is 1690. The van der Waals surface area contributed by atoms with Crippen LogP contribution in [0.5, 0.6) is 0 Å². The minimum absolute atomic E-state index is 0. The number of carbonyl (C=O) groups is 2. The van der Waals surface area contributed by atoms with Crippen LogP contribution in [0.1, 0.15) is 42.1 Å². The van der Waals surface area contributed by atoms with Crippen molar-refractivity contribution in [3.63, 3.8) is 0 Å². The Morgan fingerprint density at radius 1 is 1.02 bits per heavy atom. The second-order valence-electron chi connectivity index (χ2n) is 11.4. The standard InChI is InChI=1S/C19H19N2O2.C18H17N2O.2Y/c1-14-10-11-17(16(13-14)19(22)23-2)20-18-9-6-12-21(18)15-7-4-3-5-8-15;1-12-7-8-16-15(11-12)17(21)14-9-10-20(18(14)19-16)13-5-3-2-4-6-13;;/h3-5,7-8,11,13H,6,9,12H2,1-2H3;2-8,11-12,14H,9-10H2,1H3;;/q2*-1;;.